The molecule has 0 aliphatic rings. The van der Waals surface area contributed by atoms with E-state index in [4.69, 9.17) is 0 Å². The predicted octanol–water partition coefficient (Wildman–Crippen LogP) is 12.3. The second-order valence-corrected chi connectivity index (χ2v) is 12.5. The molecular weight excluding hydrogens is 565 g/mol. The average molecular weight is 593 g/mol. The van der Waals surface area contributed by atoms with Crippen LogP contribution in [0, 0.1) is 0 Å². The summed E-state index contributed by atoms with van der Waals surface area (Å²) in [5, 5.41) is 5.12. The third kappa shape index (κ3) is 4.24. The minimum atomic E-state index is 1.13. The van der Waals surface area contributed by atoms with Crippen molar-refractivity contribution in [1.82, 2.24) is 4.57 Å². The first-order valence-corrected chi connectivity index (χ1v) is 16.1. The van der Waals surface area contributed by atoms with Crippen LogP contribution < -0.4 is 4.90 Å². The lowest BCUT2D eigenvalue weighted by atomic mass is 10.0. The molecule has 0 amide bonds. The summed E-state index contributed by atoms with van der Waals surface area (Å²) in [4.78, 5) is 2.39. The van der Waals surface area contributed by atoms with Gasteiger partial charge < -0.3 is 9.47 Å². The number of aromatic nitrogens is 1. The molecular formula is C42H28N2S. The second-order valence-electron chi connectivity index (χ2n) is 11.4. The van der Waals surface area contributed by atoms with Crippen molar-refractivity contribution in [2.45, 2.75) is 0 Å². The van der Waals surface area contributed by atoms with Gasteiger partial charge in [-0.15, -0.1) is 11.3 Å². The molecule has 2 heterocycles. The van der Waals surface area contributed by atoms with Crippen LogP contribution in [0.1, 0.15) is 0 Å². The van der Waals surface area contributed by atoms with E-state index >= 15 is 0 Å². The molecule has 212 valence electrons. The highest BCUT2D eigenvalue weighted by Crippen LogP contribution is 2.45. The Labute approximate surface area is 265 Å². The molecule has 0 radical (unpaired) electrons. The number of hydrogen-bond acceptors (Lipinski definition) is 2. The van der Waals surface area contributed by atoms with Gasteiger partial charge in [-0.1, -0.05) is 109 Å². The van der Waals surface area contributed by atoms with Gasteiger partial charge in [-0.3, -0.25) is 0 Å². The van der Waals surface area contributed by atoms with E-state index in [-0.39, 0.29) is 0 Å². The zero-order valence-electron chi connectivity index (χ0n) is 24.5. The van der Waals surface area contributed by atoms with E-state index in [0.29, 0.717) is 0 Å². The molecule has 7 aromatic carbocycles. The summed E-state index contributed by atoms with van der Waals surface area (Å²) in [7, 11) is 0. The van der Waals surface area contributed by atoms with Crippen LogP contribution in [0.2, 0.25) is 0 Å². The van der Waals surface area contributed by atoms with Gasteiger partial charge in [0.25, 0.3) is 0 Å². The largest absolute Gasteiger partial charge is 0.310 e. The number of fused-ring (bicyclic) bond motifs is 6. The first-order chi connectivity index (χ1) is 22.3. The molecule has 0 unspecified atom stereocenters. The number of para-hydroxylation sites is 3. The second kappa shape index (κ2) is 10.5. The summed E-state index contributed by atoms with van der Waals surface area (Å²) in [6, 6.07) is 61.3. The van der Waals surface area contributed by atoms with Gasteiger partial charge in [-0.25, -0.2) is 0 Å². The van der Waals surface area contributed by atoms with Crippen LogP contribution in [0.3, 0.4) is 0 Å². The van der Waals surface area contributed by atoms with Crippen molar-refractivity contribution >= 4 is 70.4 Å². The molecule has 0 fully saturated rings. The molecule has 2 aromatic heterocycles. The predicted molar refractivity (Wildman–Crippen MR) is 194 cm³/mol. The van der Waals surface area contributed by atoms with Crippen molar-refractivity contribution in [2.24, 2.45) is 0 Å². The van der Waals surface area contributed by atoms with Gasteiger partial charge in [-0.2, -0.15) is 0 Å². The topological polar surface area (TPSA) is 8.17 Å². The molecule has 0 bridgehead atoms. The van der Waals surface area contributed by atoms with E-state index in [1.807, 2.05) is 11.3 Å². The van der Waals surface area contributed by atoms with Gasteiger partial charge in [-0.05, 0) is 71.8 Å². The molecule has 0 atom stereocenters. The molecule has 9 rings (SSSR count). The maximum absolute atomic E-state index is 2.40. The Kier molecular flexibility index (Phi) is 6.03. The Balaban J connectivity index is 1.23. The highest BCUT2D eigenvalue weighted by molar-refractivity contribution is 7.26. The van der Waals surface area contributed by atoms with Crippen LogP contribution >= 0.6 is 11.3 Å². The lowest BCUT2D eigenvalue weighted by molar-refractivity contribution is 1.19. The molecule has 0 N–H and O–H groups in total. The molecule has 0 aliphatic carbocycles. The Bertz CT molecular complexity index is 2420. The smallest absolute Gasteiger partial charge is 0.0554 e. The first-order valence-electron chi connectivity index (χ1n) is 15.3. The first kappa shape index (κ1) is 25.8. The van der Waals surface area contributed by atoms with Crippen molar-refractivity contribution in [2.75, 3.05) is 4.90 Å². The molecule has 45 heavy (non-hydrogen) atoms. The number of anilines is 3. The van der Waals surface area contributed by atoms with Crippen LogP contribution in [-0.2, 0) is 0 Å². The maximum Gasteiger partial charge on any atom is 0.0554 e. The molecule has 0 saturated carbocycles. The number of nitrogens with zero attached hydrogens (tertiary/aromatic N) is 2. The van der Waals surface area contributed by atoms with Gasteiger partial charge in [0.2, 0.25) is 0 Å². The summed E-state index contributed by atoms with van der Waals surface area (Å²) in [6.07, 6.45) is 0. The Morgan fingerprint density at radius 1 is 0.422 bits per heavy atom. The van der Waals surface area contributed by atoms with Gasteiger partial charge in [0.1, 0.15) is 0 Å². The highest BCUT2D eigenvalue weighted by Gasteiger charge is 2.19. The lowest BCUT2D eigenvalue weighted by Crippen LogP contribution is -2.10. The molecule has 9 aromatic rings. The van der Waals surface area contributed by atoms with E-state index in [0.717, 1.165) is 11.4 Å². The molecule has 0 spiro atoms. The number of thiophene rings is 1. The zero-order valence-corrected chi connectivity index (χ0v) is 25.3. The number of hydrogen-bond donors (Lipinski definition) is 0. The van der Waals surface area contributed by atoms with Crippen LogP contribution in [0.15, 0.2) is 170 Å². The maximum atomic E-state index is 2.40. The quantitative estimate of drug-likeness (QED) is 0.193. The Morgan fingerprint density at radius 3 is 1.73 bits per heavy atom. The number of rotatable bonds is 5. The van der Waals surface area contributed by atoms with Crippen LogP contribution in [-0.4, -0.2) is 4.57 Å². The minimum absolute atomic E-state index is 1.13. The summed E-state index contributed by atoms with van der Waals surface area (Å²) >= 11 is 1.87. The standard InChI is InChI=1S/C42H28N2S/c1-3-12-29(13-4-1)30-22-24-32(25-23-30)43(31-14-5-2-6-15-31)39-20-11-21-40-42(39)36-27-26-33(28-41(36)45-40)44-37-18-9-7-16-34(37)35-17-8-10-19-38(35)44/h1-28H. The third-order valence-corrected chi connectivity index (χ3v) is 9.90. The zero-order chi connectivity index (χ0) is 29.7. The lowest BCUT2D eigenvalue weighted by Gasteiger charge is -2.26. The van der Waals surface area contributed by atoms with Crippen molar-refractivity contribution in [3.8, 4) is 16.8 Å². The third-order valence-electron chi connectivity index (χ3n) is 8.78. The van der Waals surface area contributed by atoms with Gasteiger partial charge in [0.05, 0.1) is 16.7 Å². The number of benzene rings is 7. The van der Waals surface area contributed by atoms with Crippen LogP contribution in [0.5, 0.6) is 0 Å². The van der Waals surface area contributed by atoms with Crippen molar-refractivity contribution < 1.29 is 0 Å². The summed E-state index contributed by atoms with van der Waals surface area (Å²) in [5.74, 6) is 0. The highest BCUT2D eigenvalue weighted by atomic mass is 32.1. The molecule has 0 saturated heterocycles. The van der Waals surface area contributed by atoms with E-state index in [2.05, 4.69) is 179 Å². The average Bonchev–Trinajstić information content (AvgIpc) is 3.65. The molecule has 2 nitrogen and oxygen atoms in total. The summed E-state index contributed by atoms with van der Waals surface area (Å²) in [5.41, 5.74) is 9.53. The molecule has 0 aliphatic heterocycles. The monoisotopic (exact) mass is 592 g/mol. The normalized spacial score (nSPS) is 11.6. The fraction of sp³-hybridized carbons (Fsp3) is 0. The fourth-order valence-electron chi connectivity index (χ4n) is 6.76. The van der Waals surface area contributed by atoms with Gasteiger partial charge >= 0.3 is 0 Å². The fourth-order valence-corrected chi connectivity index (χ4v) is 7.92. The van der Waals surface area contributed by atoms with Crippen molar-refractivity contribution in [3.05, 3.63) is 170 Å². The van der Waals surface area contributed by atoms with E-state index in [1.165, 1.54) is 64.5 Å². The minimum Gasteiger partial charge on any atom is -0.310 e. The summed E-state index contributed by atoms with van der Waals surface area (Å²) < 4.78 is 4.97. The van der Waals surface area contributed by atoms with E-state index in [1.54, 1.807) is 0 Å². The summed E-state index contributed by atoms with van der Waals surface area (Å²) in [6.45, 7) is 0. The molecule has 3 heteroatoms. The van der Waals surface area contributed by atoms with Gasteiger partial charge in [0.15, 0.2) is 0 Å². The SMILES string of the molecule is c1ccc(-c2ccc(N(c3ccccc3)c3cccc4sc5cc(-n6c7ccccc7c7ccccc76)ccc5c34)cc2)cc1. The Hall–Kier alpha value is -5.64. The van der Waals surface area contributed by atoms with E-state index < -0.39 is 0 Å². The van der Waals surface area contributed by atoms with Crippen LogP contribution in [0.25, 0.3) is 58.8 Å². The van der Waals surface area contributed by atoms with Crippen molar-refractivity contribution in [3.63, 3.8) is 0 Å². The van der Waals surface area contributed by atoms with Crippen molar-refractivity contribution in [1.29, 1.82) is 0 Å². The van der Waals surface area contributed by atoms with Gasteiger partial charge in [0, 0.05) is 48.0 Å². The Morgan fingerprint density at radius 2 is 1.02 bits per heavy atom. The van der Waals surface area contributed by atoms with Crippen LogP contribution in [0.4, 0.5) is 17.1 Å². The van der Waals surface area contributed by atoms with E-state index in [9.17, 15) is 0 Å².